The van der Waals surface area contributed by atoms with Gasteiger partial charge in [-0.05, 0) is 116 Å². The summed E-state index contributed by atoms with van der Waals surface area (Å²) in [5.41, 5.74) is 0. The Hall–Kier alpha value is -4.12. The third kappa shape index (κ3) is 52.7. The van der Waals surface area contributed by atoms with Crippen molar-refractivity contribution in [3.8, 4) is 0 Å². The Labute approximate surface area is 449 Å². The number of ether oxygens (including phenoxy) is 3. The van der Waals surface area contributed by atoms with Gasteiger partial charge in [-0.3, -0.25) is 23.4 Å². The number of aliphatic hydroxyl groups is 1. The summed E-state index contributed by atoms with van der Waals surface area (Å²) in [5, 5.41) is 9.80. The van der Waals surface area contributed by atoms with Crippen LogP contribution in [0.1, 0.15) is 213 Å². The third-order valence-electron chi connectivity index (χ3n) is 11.3. The predicted molar refractivity (Wildman–Crippen MR) is 306 cm³/mol. The van der Waals surface area contributed by atoms with E-state index in [1.54, 1.807) is 0 Å². The second kappa shape index (κ2) is 55.1. The zero-order valence-electron chi connectivity index (χ0n) is 46.3. The molecule has 0 heterocycles. The normalized spacial score (nSPS) is 14.3. The molecule has 0 saturated carbocycles. The molecular formula is C62H101O11P. The molecule has 0 aliphatic carbocycles. The molecule has 0 radical (unpaired) electrons. The molecule has 0 amide bonds. The van der Waals surface area contributed by atoms with Crippen LogP contribution >= 0.6 is 7.82 Å². The van der Waals surface area contributed by atoms with E-state index in [2.05, 4.69) is 136 Å². The lowest BCUT2D eigenvalue weighted by atomic mass is 10.1. The standard InChI is InChI=1S/C62H101O11P/c1-4-7-10-13-16-19-22-25-27-29-31-34-36-39-42-45-48-51-60(64)69-55-59(73-62(66)53-50-47-44-41-38-35-32-30-28-26-23-20-17-14-11-8-5-2)57-71-74(67,68)70-56-58(54-63)72-61(65)52-49-46-43-40-37-33-24-21-18-15-12-9-6-3/h7-8,10-12,15-17,19-21,24-28,31,34,39,42,58-59,63H,4-6,9,13-14,18,22-23,29-30,32-33,35-38,40-41,43-57H2,1-3H3,(H,67,68)/b10-7-,11-8-,15-12-,19-16-,20-17-,24-21-,27-25-,28-26-,34-31-,42-39-. The van der Waals surface area contributed by atoms with Gasteiger partial charge in [-0.2, -0.15) is 0 Å². The van der Waals surface area contributed by atoms with Crippen molar-refractivity contribution < 1.29 is 52.2 Å². The molecule has 3 unspecified atom stereocenters. The second-order valence-corrected chi connectivity index (χ2v) is 19.8. The minimum Gasteiger partial charge on any atom is -0.462 e. The van der Waals surface area contributed by atoms with Gasteiger partial charge in [0.05, 0.1) is 19.8 Å². The molecular weight excluding hydrogens is 952 g/mol. The SMILES string of the molecule is CC/C=C\C/C=C\C/C=C\C/C=C\C/C=C\CCCC(=O)OCC(COP(=O)(O)OCC(CO)OC(=O)CCCCCCC/C=C\C/C=C\CCC)OC(=O)CCCCCCCCC/C=C\C/C=C\C/C=C\CC. The molecule has 74 heavy (non-hydrogen) atoms. The zero-order chi connectivity index (χ0) is 54.1. The Balaban J connectivity index is 4.86. The number of esters is 3. The van der Waals surface area contributed by atoms with E-state index >= 15 is 0 Å². The molecule has 0 aromatic carbocycles. The maximum absolute atomic E-state index is 12.9. The molecule has 2 N–H and O–H groups in total. The van der Waals surface area contributed by atoms with Crippen LogP contribution < -0.4 is 0 Å². The van der Waals surface area contributed by atoms with E-state index in [1.807, 2.05) is 6.08 Å². The molecule has 3 atom stereocenters. The summed E-state index contributed by atoms with van der Waals surface area (Å²) in [6.45, 7) is 4.25. The average Bonchev–Trinajstić information content (AvgIpc) is 3.39. The van der Waals surface area contributed by atoms with E-state index in [0.29, 0.717) is 25.7 Å². The zero-order valence-corrected chi connectivity index (χ0v) is 47.2. The van der Waals surface area contributed by atoms with Gasteiger partial charge in [-0.15, -0.1) is 0 Å². The van der Waals surface area contributed by atoms with Crippen LogP contribution in [0.3, 0.4) is 0 Å². The summed E-state index contributed by atoms with van der Waals surface area (Å²) in [5.74, 6) is -1.57. The lowest BCUT2D eigenvalue weighted by Gasteiger charge is -2.21. The van der Waals surface area contributed by atoms with Crippen molar-refractivity contribution in [3.63, 3.8) is 0 Å². The number of hydrogen-bond donors (Lipinski definition) is 2. The van der Waals surface area contributed by atoms with Crippen LogP contribution in [0.15, 0.2) is 122 Å². The van der Waals surface area contributed by atoms with Gasteiger partial charge in [-0.25, -0.2) is 4.57 Å². The molecule has 0 aromatic heterocycles. The highest BCUT2D eigenvalue weighted by atomic mass is 31.2. The van der Waals surface area contributed by atoms with Crippen LogP contribution in [0.5, 0.6) is 0 Å². The smallest absolute Gasteiger partial charge is 0.462 e. The van der Waals surface area contributed by atoms with Crippen LogP contribution in [-0.4, -0.2) is 66.5 Å². The first kappa shape index (κ1) is 69.9. The number of aliphatic hydroxyl groups excluding tert-OH is 1. The van der Waals surface area contributed by atoms with Crippen LogP contribution in [-0.2, 0) is 42.2 Å². The molecule has 420 valence electrons. The highest BCUT2D eigenvalue weighted by molar-refractivity contribution is 7.47. The minimum atomic E-state index is -4.77. The topological polar surface area (TPSA) is 155 Å². The number of hydrogen-bond acceptors (Lipinski definition) is 10. The highest BCUT2D eigenvalue weighted by Gasteiger charge is 2.28. The second-order valence-electron chi connectivity index (χ2n) is 18.3. The maximum Gasteiger partial charge on any atom is 0.472 e. The number of allylic oxidation sites excluding steroid dienone is 20. The van der Waals surface area contributed by atoms with Gasteiger partial charge in [-0.1, -0.05) is 200 Å². The van der Waals surface area contributed by atoms with Gasteiger partial charge >= 0.3 is 25.7 Å². The van der Waals surface area contributed by atoms with Crippen LogP contribution in [0.2, 0.25) is 0 Å². The average molecular weight is 1050 g/mol. The summed E-state index contributed by atoms with van der Waals surface area (Å²) in [6.07, 6.45) is 67.3. The Morgan fingerprint density at radius 1 is 0.392 bits per heavy atom. The lowest BCUT2D eigenvalue weighted by Crippen LogP contribution is -2.30. The number of carbonyl (C=O) groups is 3. The summed E-state index contributed by atoms with van der Waals surface area (Å²) < 4.78 is 39.4. The fourth-order valence-electron chi connectivity index (χ4n) is 7.09. The Morgan fingerprint density at radius 3 is 1.12 bits per heavy atom. The van der Waals surface area contributed by atoms with E-state index < -0.39 is 57.8 Å². The summed E-state index contributed by atoms with van der Waals surface area (Å²) in [6, 6.07) is 0. The van der Waals surface area contributed by atoms with Crippen molar-refractivity contribution in [1.82, 2.24) is 0 Å². The monoisotopic (exact) mass is 1050 g/mol. The van der Waals surface area contributed by atoms with Crippen LogP contribution in [0.25, 0.3) is 0 Å². The number of phosphoric acid groups is 1. The summed E-state index contributed by atoms with van der Waals surface area (Å²) >= 11 is 0. The molecule has 12 heteroatoms. The van der Waals surface area contributed by atoms with E-state index in [4.69, 9.17) is 23.3 Å². The first-order valence-electron chi connectivity index (χ1n) is 28.4. The van der Waals surface area contributed by atoms with Gasteiger partial charge in [0.25, 0.3) is 0 Å². The van der Waals surface area contributed by atoms with Crippen molar-refractivity contribution in [1.29, 1.82) is 0 Å². The van der Waals surface area contributed by atoms with Crippen molar-refractivity contribution >= 4 is 25.7 Å². The summed E-state index contributed by atoms with van der Waals surface area (Å²) in [4.78, 5) is 48.5. The fourth-order valence-corrected chi connectivity index (χ4v) is 7.87. The minimum absolute atomic E-state index is 0.137. The number of phosphoric ester groups is 1. The van der Waals surface area contributed by atoms with Crippen molar-refractivity contribution in [2.75, 3.05) is 26.4 Å². The largest absolute Gasteiger partial charge is 0.472 e. The van der Waals surface area contributed by atoms with Crippen molar-refractivity contribution in [3.05, 3.63) is 122 Å². The highest BCUT2D eigenvalue weighted by Crippen LogP contribution is 2.43. The molecule has 0 rings (SSSR count). The first-order valence-corrected chi connectivity index (χ1v) is 29.9. The van der Waals surface area contributed by atoms with E-state index in [1.165, 1.54) is 0 Å². The summed E-state index contributed by atoms with van der Waals surface area (Å²) in [7, 11) is -4.77. The molecule has 11 nitrogen and oxygen atoms in total. The maximum atomic E-state index is 12.9. The van der Waals surface area contributed by atoms with Gasteiger partial charge in [0.15, 0.2) is 6.10 Å². The van der Waals surface area contributed by atoms with E-state index in [-0.39, 0.29) is 25.9 Å². The number of carbonyl (C=O) groups excluding carboxylic acids is 3. The molecule has 0 saturated heterocycles. The van der Waals surface area contributed by atoms with Crippen LogP contribution in [0, 0.1) is 0 Å². The Morgan fingerprint density at radius 2 is 0.716 bits per heavy atom. The van der Waals surface area contributed by atoms with Crippen LogP contribution in [0.4, 0.5) is 0 Å². The van der Waals surface area contributed by atoms with Gasteiger partial charge in [0.1, 0.15) is 12.7 Å². The van der Waals surface area contributed by atoms with Crippen molar-refractivity contribution in [2.24, 2.45) is 0 Å². The third-order valence-corrected chi connectivity index (χ3v) is 12.3. The quantitative estimate of drug-likeness (QED) is 0.0197. The Bertz CT molecular complexity index is 1700. The molecule has 0 aromatic rings. The number of rotatable bonds is 51. The first-order chi connectivity index (χ1) is 36.2. The Kier molecular flexibility index (Phi) is 52.1. The van der Waals surface area contributed by atoms with E-state index in [0.717, 1.165) is 148 Å². The molecule has 0 aliphatic rings. The predicted octanol–water partition coefficient (Wildman–Crippen LogP) is 16.8. The van der Waals surface area contributed by atoms with Gasteiger partial charge in [0, 0.05) is 19.3 Å². The van der Waals surface area contributed by atoms with Gasteiger partial charge < -0.3 is 24.2 Å². The lowest BCUT2D eigenvalue weighted by molar-refractivity contribution is -0.161. The number of unbranched alkanes of at least 4 members (excludes halogenated alkanes) is 14. The molecule has 0 bridgehead atoms. The molecule has 0 spiro atoms. The fraction of sp³-hybridized carbons (Fsp3) is 0.629. The van der Waals surface area contributed by atoms with Gasteiger partial charge in [0.2, 0.25) is 0 Å². The molecule has 0 fully saturated rings. The van der Waals surface area contributed by atoms with Crippen molar-refractivity contribution in [2.45, 2.75) is 226 Å². The molecule has 0 aliphatic heterocycles. The van der Waals surface area contributed by atoms with E-state index in [9.17, 15) is 28.9 Å².